The molecule has 0 saturated carbocycles. The first-order valence-corrected chi connectivity index (χ1v) is 11.0. The summed E-state index contributed by atoms with van der Waals surface area (Å²) in [6.45, 7) is 3.29. The third kappa shape index (κ3) is 5.65. The molecule has 3 aromatic rings. The second-order valence-electron chi connectivity index (χ2n) is 7.92. The van der Waals surface area contributed by atoms with Gasteiger partial charge in [0.1, 0.15) is 0 Å². The highest BCUT2D eigenvalue weighted by Gasteiger charge is 2.24. The monoisotopic (exact) mass is 448 g/mol. The maximum atomic E-state index is 12.6. The summed E-state index contributed by atoms with van der Waals surface area (Å²) in [5.41, 5.74) is 1.95. The molecular weight excluding hydrogens is 420 g/mol. The average molecular weight is 449 g/mol. The Morgan fingerprint density at radius 2 is 1.64 bits per heavy atom. The summed E-state index contributed by atoms with van der Waals surface area (Å²) >= 11 is 0. The zero-order valence-electron chi connectivity index (χ0n) is 18.7. The van der Waals surface area contributed by atoms with Crippen LogP contribution in [0.4, 0.5) is 10.7 Å². The van der Waals surface area contributed by atoms with Crippen molar-refractivity contribution in [2.45, 2.75) is 13.0 Å². The first kappa shape index (κ1) is 22.3. The van der Waals surface area contributed by atoms with Crippen LogP contribution in [0.1, 0.15) is 12.0 Å². The highest BCUT2D eigenvalue weighted by atomic mass is 16.2. The molecule has 1 aliphatic heterocycles. The minimum atomic E-state index is -0.191. The van der Waals surface area contributed by atoms with E-state index in [1.165, 1.54) is 0 Å². The van der Waals surface area contributed by atoms with Gasteiger partial charge in [-0.2, -0.15) is 4.68 Å². The van der Waals surface area contributed by atoms with Gasteiger partial charge in [0.05, 0.1) is 5.69 Å². The van der Waals surface area contributed by atoms with Gasteiger partial charge >= 0.3 is 6.03 Å². The topological polar surface area (TPSA) is 99.5 Å². The van der Waals surface area contributed by atoms with Crippen LogP contribution in [0.3, 0.4) is 0 Å². The Balaban J connectivity index is 1.21. The molecular formula is C23H28N8O2. The lowest BCUT2D eigenvalue weighted by Gasteiger charge is -2.34. The number of hydrogen-bond acceptors (Lipinski definition) is 6. The highest BCUT2D eigenvalue weighted by Crippen LogP contribution is 2.17. The van der Waals surface area contributed by atoms with Gasteiger partial charge in [-0.15, -0.1) is 0 Å². The molecule has 1 fully saturated rings. The smallest absolute Gasteiger partial charge is 0.317 e. The maximum absolute atomic E-state index is 12.6. The molecule has 0 spiro atoms. The summed E-state index contributed by atoms with van der Waals surface area (Å²) in [6, 6.07) is 19.3. The zero-order valence-corrected chi connectivity index (χ0v) is 18.7. The van der Waals surface area contributed by atoms with Crippen molar-refractivity contribution in [3.8, 4) is 5.69 Å². The molecule has 0 unspecified atom stereocenters. The summed E-state index contributed by atoms with van der Waals surface area (Å²) in [5, 5.41) is 14.9. The van der Waals surface area contributed by atoms with E-state index in [1.54, 1.807) is 16.6 Å². The molecule has 2 aromatic carbocycles. The summed E-state index contributed by atoms with van der Waals surface area (Å²) in [7, 11) is 1.74. The van der Waals surface area contributed by atoms with Gasteiger partial charge in [0.2, 0.25) is 11.9 Å². The predicted molar refractivity (Wildman–Crippen MR) is 124 cm³/mol. The standard InChI is InChI=1S/C23H28N8O2/c1-28(18-19-8-4-2-5-9-19)23(33)24-13-12-21(32)29-14-16-30(17-15-29)22-25-26-27-31(22)20-10-6-3-7-11-20/h2-11H,12-18H2,1H3,(H,24,33). The van der Waals surface area contributed by atoms with E-state index in [0.717, 1.165) is 11.3 Å². The van der Waals surface area contributed by atoms with Crippen molar-refractivity contribution < 1.29 is 9.59 Å². The molecule has 10 heteroatoms. The number of hydrogen-bond donors (Lipinski definition) is 1. The number of nitrogens with one attached hydrogen (secondary N) is 1. The van der Waals surface area contributed by atoms with Crippen molar-refractivity contribution >= 4 is 17.9 Å². The van der Waals surface area contributed by atoms with E-state index in [9.17, 15) is 9.59 Å². The molecule has 0 aliphatic carbocycles. The van der Waals surface area contributed by atoms with Crippen LogP contribution in [0.25, 0.3) is 5.69 Å². The lowest BCUT2D eigenvalue weighted by Crippen LogP contribution is -2.50. The molecule has 4 rings (SSSR count). The Morgan fingerprint density at radius 1 is 0.970 bits per heavy atom. The van der Waals surface area contributed by atoms with Crippen LogP contribution in [0.2, 0.25) is 0 Å². The number of aromatic nitrogens is 4. The molecule has 1 saturated heterocycles. The van der Waals surface area contributed by atoms with Crippen LogP contribution in [-0.4, -0.2) is 81.7 Å². The highest BCUT2D eigenvalue weighted by molar-refractivity contribution is 5.78. The van der Waals surface area contributed by atoms with E-state index in [0.29, 0.717) is 45.2 Å². The van der Waals surface area contributed by atoms with Gasteiger partial charge in [0, 0.05) is 52.7 Å². The number of amides is 3. The fraction of sp³-hybridized carbons (Fsp3) is 0.348. The van der Waals surface area contributed by atoms with Crippen LogP contribution in [0.15, 0.2) is 60.7 Å². The molecule has 33 heavy (non-hydrogen) atoms. The van der Waals surface area contributed by atoms with Gasteiger partial charge in [0.25, 0.3) is 0 Å². The van der Waals surface area contributed by atoms with E-state index in [-0.39, 0.29) is 18.4 Å². The van der Waals surface area contributed by atoms with Crippen LogP contribution in [-0.2, 0) is 11.3 Å². The Labute approximate surface area is 192 Å². The third-order valence-electron chi connectivity index (χ3n) is 5.59. The molecule has 3 amide bonds. The van der Waals surface area contributed by atoms with Crippen LogP contribution in [0.5, 0.6) is 0 Å². The van der Waals surface area contributed by atoms with Crippen molar-refractivity contribution in [2.24, 2.45) is 0 Å². The van der Waals surface area contributed by atoms with Crippen molar-refractivity contribution in [1.29, 1.82) is 0 Å². The summed E-state index contributed by atoms with van der Waals surface area (Å²) < 4.78 is 1.71. The second kappa shape index (κ2) is 10.6. The maximum Gasteiger partial charge on any atom is 0.317 e. The SMILES string of the molecule is CN(Cc1ccccc1)C(=O)NCCC(=O)N1CCN(c2nnnn2-c2ccccc2)CC1. The van der Waals surface area contributed by atoms with Gasteiger partial charge in [0.15, 0.2) is 0 Å². The van der Waals surface area contributed by atoms with E-state index < -0.39 is 0 Å². The average Bonchev–Trinajstić information content (AvgIpc) is 3.35. The van der Waals surface area contributed by atoms with Crippen molar-refractivity contribution in [3.63, 3.8) is 0 Å². The predicted octanol–water partition coefficient (Wildman–Crippen LogP) is 1.54. The minimum absolute atomic E-state index is 0.0308. The fourth-order valence-corrected chi connectivity index (χ4v) is 3.77. The number of carbonyl (C=O) groups excluding carboxylic acids is 2. The lowest BCUT2D eigenvalue weighted by molar-refractivity contribution is -0.131. The van der Waals surface area contributed by atoms with Crippen LogP contribution < -0.4 is 10.2 Å². The molecule has 2 heterocycles. The first-order chi connectivity index (χ1) is 16.1. The molecule has 1 aliphatic rings. The van der Waals surface area contributed by atoms with Gasteiger partial charge in [-0.3, -0.25) is 4.79 Å². The van der Waals surface area contributed by atoms with Crippen molar-refractivity contribution in [1.82, 2.24) is 35.3 Å². The molecule has 1 N–H and O–H groups in total. The number of carbonyl (C=O) groups is 2. The van der Waals surface area contributed by atoms with E-state index >= 15 is 0 Å². The number of benzene rings is 2. The number of piperazine rings is 1. The Bertz CT molecular complexity index is 1050. The lowest BCUT2D eigenvalue weighted by atomic mass is 10.2. The van der Waals surface area contributed by atoms with Crippen LogP contribution >= 0.6 is 0 Å². The summed E-state index contributed by atoms with van der Waals surface area (Å²) in [5.74, 6) is 0.699. The van der Waals surface area contributed by atoms with E-state index in [1.807, 2.05) is 65.6 Å². The largest absolute Gasteiger partial charge is 0.339 e. The number of nitrogens with zero attached hydrogens (tertiary/aromatic N) is 7. The molecule has 0 atom stereocenters. The normalized spacial score (nSPS) is 13.6. The van der Waals surface area contributed by atoms with Gasteiger partial charge in [-0.1, -0.05) is 53.6 Å². The number of tetrazole rings is 1. The Morgan fingerprint density at radius 3 is 2.33 bits per heavy atom. The molecule has 1 aromatic heterocycles. The number of urea groups is 1. The van der Waals surface area contributed by atoms with Crippen molar-refractivity contribution in [3.05, 3.63) is 66.2 Å². The zero-order chi connectivity index (χ0) is 23.0. The van der Waals surface area contributed by atoms with Gasteiger partial charge in [-0.25, -0.2) is 4.79 Å². The van der Waals surface area contributed by atoms with Gasteiger partial charge in [-0.05, 0) is 28.1 Å². The third-order valence-corrected chi connectivity index (χ3v) is 5.59. The number of anilines is 1. The molecule has 172 valence electrons. The van der Waals surface area contributed by atoms with E-state index in [4.69, 9.17) is 0 Å². The summed E-state index contributed by atoms with van der Waals surface area (Å²) in [4.78, 5) is 30.4. The Kier molecular flexibility index (Phi) is 7.13. The van der Waals surface area contributed by atoms with Crippen LogP contribution in [0, 0.1) is 0 Å². The molecule has 10 nitrogen and oxygen atoms in total. The van der Waals surface area contributed by atoms with Gasteiger partial charge < -0.3 is 20.0 Å². The van der Waals surface area contributed by atoms with E-state index in [2.05, 4.69) is 25.7 Å². The minimum Gasteiger partial charge on any atom is -0.339 e. The Hall–Kier alpha value is -3.95. The number of rotatable bonds is 7. The van der Waals surface area contributed by atoms with Crippen molar-refractivity contribution in [2.75, 3.05) is 44.7 Å². The molecule has 0 radical (unpaired) electrons. The number of para-hydroxylation sites is 1. The molecule has 0 bridgehead atoms. The first-order valence-electron chi connectivity index (χ1n) is 11.0. The quantitative estimate of drug-likeness (QED) is 0.589. The second-order valence-corrected chi connectivity index (χ2v) is 7.92. The fourth-order valence-electron chi connectivity index (χ4n) is 3.77. The summed E-state index contributed by atoms with van der Waals surface area (Å²) in [6.07, 6.45) is 0.271.